The molecule has 1 N–H and O–H groups in total. The van der Waals surface area contributed by atoms with Crippen LogP contribution in [0.25, 0.3) is 0 Å². The Morgan fingerprint density at radius 1 is 1.50 bits per heavy atom. The molecule has 2 rings (SSSR count). The monoisotopic (exact) mass is 252 g/mol. The zero-order valence-corrected chi connectivity index (χ0v) is 11.6. The molecule has 2 heterocycles. The van der Waals surface area contributed by atoms with E-state index in [0.717, 1.165) is 44.0 Å². The molecule has 0 aliphatic carbocycles. The van der Waals surface area contributed by atoms with E-state index in [9.17, 15) is 5.11 Å². The van der Waals surface area contributed by atoms with Gasteiger partial charge in [0.15, 0.2) is 0 Å². The lowest BCUT2D eigenvalue weighted by molar-refractivity contribution is -0.0448. The molecule has 1 aromatic heterocycles. The topological polar surface area (TPSA) is 39.9 Å². The van der Waals surface area contributed by atoms with Gasteiger partial charge in [0.05, 0.1) is 12.1 Å². The van der Waals surface area contributed by atoms with Crippen LogP contribution < -0.4 is 0 Å². The van der Waals surface area contributed by atoms with Crippen molar-refractivity contribution in [3.8, 4) is 0 Å². The lowest BCUT2D eigenvalue weighted by Crippen LogP contribution is -2.52. The summed E-state index contributed by atoms with van der Waals surface area (Å²) in [7, 11) is 4.10. The summed E-state index contributed by atoms with van der Waals surface area (Å²) in [6.45, 7) is 5.24. The molecular formula is C14H24N2O2. The number of likely N-dealkylation sites (tertiary alicyclic amines) is 1. The van der Waals surface area contributed by atoms with Crippen LogP contribution in [0.15, 0.2) is 16.5 Å². The molecule has 0 saturated carbocycles. The average molecular weight is 252 g/mol. The fourth-order valence-electron chi connectivity index (χ4n) is 2.86. The molecule has 1 atom stereocenters. The number of aliphatic hydroxyl groups is 1. The standard InChI is InChI=1S/C14H24N2O2/c1-12-5-6-13(18-12)9-16(3)11-14(17)7-4-8-15(2)10-14/h5-6,17H,4,7-11H2,1-3H3/t14-/m0/s1. The van der Waals surface area contributed by atoms with E-state index < -0.39 is 5.60 Å². The van der Waals surface area contributed by atoms with Gasteiger partial charge in [-0.2, -0.15) is 0 Å². The number of rotatable bonds is 4. The Morgan fingerprint density at radius 3 is 2.89 bits per heavy atom. The van der Waals surface area contributed by atoms with Crippen LogP contribution in [-0.2, 0) is 6.54 Å². The Labute approximate surface area is 109 Å². The van der Waals surface area contributed by atoms with Gasteiger partial charge in [-0.05, 0) is 52.5 Å². The van der Waals surface area contributed by atoms with Gasteiger partial charge in [-0.1, -0.05) is 0 Å². The van der Waals surface area contributed by atoms with E-state index in [1.807, 2.05) is 26.1 Å². The van der Waals surface area contributed by atoms with Crippen molar-refractivity contribution in [1.82, 2.24) is 9.80 Å². The summed E-state index contributed by atoms with van der Waals surface area (Å²) >= 11 is 0. The Kier molecular flexibility index (Phi) is 4.10. The first-order valence-electron chi connectivity index (χ1n) is 6.62. The molecule has 102 valence electrons. The van der Waals surface area contributed by atoms with Crippen molar-refractivity contribution >= 4 is 0 Å². The predicted molar refractivity (Wildman–Crippen MR) is 71.5 cm³/mol. The van der Waals surface area contributed by atoms with Gasteiger partial charge >= 0.3 is 0 Å². The molecule has 4 nitrogen and oxygen atoms in total. The average Bonchev–Trinajstić information content (AvgIpc) is 2.62. The van der Waals surface area contributed by atoms with Crippen molar-refractivity contribution < 1.29 is 9.52 Å². The van der Waals surface area contributed by atoms with Crippen molar-refractivity contribution in [1.29, 1.82) is 0 Å². The van der Waals surface area contributed by atoms with Gasteiger partial charge in [0.1, 0.15) is 11.5 Å². The predicted octanol–water partition coefficient (Wildman–Crippen LogP) is 1.48. The highest BCUT2D eigenvalue weighted by atomic mass is 16.3. The first-order chi connectivity index (χ1) is 8.47. The number of β-amino-alcohol motifs (C(OH)–C–C–N with tert-alkyl or cyclic N) is 1. The molecule has 0 bridgehead atoms. The molecular weight excluding hydrogens is 228 g/mol. The highest BCUT2D eigenvalue weighted by molar-refractivity contribution is 5.05. The highest BCUT2D eigenvalue weighted by Crippen LogP contribution is 2.21. The first kappa shape index (κ1) is 13.6. The zero-order valence-electron chi connectivity index (χ0n) is 11.6. The largest absolute Gasteiger partial charge is 0.465 e. The second kappa shape index (κ2) is 5.43. The Morgan fingerprint density at radius 2 is 2.28 bits per heavy atom. The molecule has 0 amide bonds. The Balaban J connectivity index is 1.88. The van der Waals surface area contributed by atoms with E-state index in [2.05, 4.69) is 16.8 Å². The minimum absolute atomic E-state index is 0.580. The molecule has 0 radical (unpaired) electrons. The molecule has 18 heavy (non-hydrogen) atoms. The molecule has 1 saturated heterocycles. The van der Waals surface area contributed by atoms with Gasteiger partial charge in [0, 0.05) is 13.1 Å². The van der Waals surface area contributed by atoms with Crippen LogP contribution in [0.2, 0.25) is 0 Å². The zero-order chi connectivity index (χ0) is 13.2. The SMILES string of the molecule is Cc1ccc(CN(C)C[C@]2(O)CCCN(C)C2)o1. The third kappa shape index (κ3) is 3.57. The molecule has 0 spiro atoms. The smallest absolute Gasteiger partial charge is 0.118 e. The van der Waals surface area contributed by atoms with Crippen molar-refractivity contribution in [2.45, 2.75) is 31.9 Å². The van der Waals surface area contributed by atoms with Gasteiger partial charge in [-0.3, -0.25) is 4.90 Å². The van der Waals surface area contributed by atoms with E-state index in [4.69, 9.17) is 4.42 Å². The van der Waals surface area contributed by atoms with Gasteiger partial charge in [0.25, 0.3) is 0 Å². The fraction of sp³-hybridized carbons (Fsp3) is 0.714. The Bertz CT molecular complexity index is 391. The fourth-order valence-corrected chi connectivity index (χ4v) is 2.86. The van der Waals surface area contributed by atoms with Gasteiger partial charge in [-0.25, -0.2) is 0 Å². The first-order valence-corrected chi connectivity index (χ1v) is 6.62. The van der Waals surface area contributed by atoms with E-state index in [0.29, 0.717) is 6.54 Å². The lowest BCUT2D eigenvalue weighted by Gasteiger charge is -2.39. The summed E-state index contributed by atoms with van der Waals surface area (Å²) in [6.07, 6.45) is 1.96. The molecule has 0 aromatic carbocycles. The van der Waals surface area contributed by atoms with Crippen LogP contribution >= 0.6 is 0 Å². The second-order valence-electron chi connectivity index (χ2n) is 5.75. The van der Waals surface area contributed by atoms with Crippen LogP contribution in [0.4, 0.5) is 0 Å². The maximum atomic E-state index is 10.6. The van der Waals surface area contributed by atoms with Crippen LogP contribution in [0.5, 0.6) is 0 Å². The molecule has 1 aromatic rings. The molecule has 1 aliphatic rings. The molecule has 4 heteroatoms. The maximum Gasteiger partial charge on any atom is 0.118 e. The summed E-state index contributed by atoms with van der Waals surface area (Å²) in [4.78, 5) is 4.34. The van der Waals surface area contributed by atoms with Gasteiger partial charge < -0.3 is 14.4 Å². The van der Waals surface area contributed by atoms with Crippen LogP contribution in [-0.4, -0.2) is 54.2 Å². The number of hydrogen-bond acceptors (Lipinski definition) is 4. The second-order valence-corrected chi connectivity index (χ2v) is 5.75. The minimum atomic E-state index is -0.580. The summed E-state index contributed by atoms with van der Waals surface area (Å²) in [5.74, 6) is 1.90. The van der Waals surface area contributed by atoms with E-state index in [1.54, 1.807) is 0 Å². The molecule has 0 unspecified atom stereocenters. The van der Waals surface area contributed by atoms with E-state index in [1.165, 1.54) is 0 Å². The third-order valence-corrected chi connectivity index (χ3v) is 3.53. The number of nitrogens with zero attached hydrogens (tertiary/aromatic N) is 2. The normalized spacial score (nSPS) is 25.8. The van der Waals surface area contributed by atoms with Crippen molar-refractivity contribution in [3.63, 3.8) is 0 Å². The van der Waals surface area contributed by atoms with Gasteiger partial charge in [0.2, 0.25) is 0 Å². The highest BCUT2D eigenvalue weighted by Gasteiger charge is 2.32. The maximum absolute atomic E-state index is 10.6. The number of furan rings is 1. The summed E-state index contributed by atoms with van der Waals surface area (Å²) in [5, 5.41) is 10.6. The van der Waals surface area contributed by atoms with E-state index in [-0.39, 0.29) is 0 Å². The van der Waals surface area contributed by atoms with Gasteiger partial charge in [-0.15, -0.1) is 0 Å². The quantitative estimate of drug-likeness (QED) is 0.881. The number of aryl methyl sites for hydroxylation is 1. The molecule has 1 aliphatic heterocycles. The van der Waals surface area contributed by atoms with Crippen LogP contribution in [0.3, 0.4) is 0 Å². The lowest BCUT2D eigenvalue weighted by atomic mass is 9.92. The summed E-state index contributed by atoms with van der Waals surface area (Å²) in [6, 6.07) is 3.98. The summed E-state index contributed by atoms with van der Waals surface area (Å²) in [5.41, 5.74) is -0.580. The van der Waals surface area contributed by atoms with Crippen LogP contribution in [0, 0.1) is 6.92 Å². The number of likely N-dealkylation sites (N-methyl/N-ethyl adjacent to an activating group) is 2. The molecule has 1 fully saturated rings. The number of piperidine rings is 1. The third-order valence-electron chi connectivity index (χ3n) is 3.53. The summed E-state index contributed by atoms with van der Waals surface area (Å²) < 4.78 is 5.56. The Hall–Kier alpha value is -0.840. The van der Waals surface area contributed by atoms with Crippen LogP contribution in [0.1, 0.15) is 24.4 Å². The van der Waals surface area contributed by atoms with Crippen molar-refractivity contribution in [2.75, 3.05) is 33.7 Å². The van der Waals surface area contributed by atoms with E-state index >= 15 is 0 Å². The number of hydrogen-bond donors (Lipinski definition) is 1. The minimum Gasteiger partial charge on any atom is -0.465 e. The van der Waals surface area contributed by atoms with Crippen molar-refractivity contribution in [2.24, 2.45) is 0 Å². The van der Waals surface area contributed by atoms with Crippen molar-refractivity contribution in [3.05, 3.63) is 23.7 Å².